The number of hydrogen-bond acceptors (Lipinski definition) is 3. The average Bonchev–Trinajstić information content (AvgIpc) is 2.58. The van der Waals surface area contributed by atoms with Gasteiger partial charge in [0.15, 0.2) is 5.96 Å². The summed E-state index contributed by atoms with van der Waals surface area (Å²) in [5.41, 5.74) is 2.57. The molecule has 3 saturated heterocycles. The highest BCUT2D eigenvalue weighted by Gasteiger charge is 2.31. The summed E-state index contributed by atoms with van der Waals surface area (Å²) in [7, 11) is 1.83. The Morgan fingerprint density at radius 3 is 2.39 bits per heavy atom. The molecule has 0 spiro atoms. The number of aliphatic imine (C=N–C) groups is 1. The number of nitrogens with zero attached hydrogens (tertiary/aromatic N) is 3. The zero-order valence-corrected chi connectivity index (χ0v) is 16.4. The number of halogens is 1. The summed E-state index contributed by atoms with van der Waals surface area (Å²) in [4.78, 5) is 9.49. The molecule has 128 valence electrons. The summed E-state index contributed by atoms with van der Waals surface area (Å²) in [6, 6.07) is 9.23. The second kappa shape index (κ2) is 8.84. The number of nitrogens with one attached hydrogen (secondary N) is 2. The molecule has 23 heavy (non-hydrogen) atoms. The molecule has 5 nitrogen and oxygen atoms in total. The minimum Gasteiger partial charge on any atom is -0.355 e. The topological polar surface area (TPSA) is 42.9 Å². The highest BCUT2D eigenvalue weighted by atomic mass is 127. The van der Waals surface area contributed by atoms with E-state index in [0.29, 0.717) is 6.04 Å². The Bertz CT molecular complexity index is 508. The first-order valence-electron chi connectivity index (χ1n) is 8.21. The van der Waals surface area contributed by atoms with Gasteiger partial charge in [0.2, 0.25) is 0 Å². The first-order valence-corrected chi connectivity index (χ1v) is 8.21. The molecular formula is C17H28IN5. The van der Waals surface area contributed by atoms with Crippen LogP contribution in [0.15, 0.2) is 29.3 Å². The zero-order chi connectivity index (χ0) is 15.4. The van der Waals surface area contributed by atoms with Crippen molar-refractivity contribution in [2.24, 2.45) is 4.99 Å². The molecule has 0 radical (unpaired) electrons. The molecule has 1 atom stereocenters. The molecule has 3 fully saturated rings. The van der Waals surface area contributed by atoms with Gasteiger partial charge in [-0.2, -0.15) is 0 Å². The van der Waals surface area contributed by atoms with E-state index in [1.807, 2.05) is 7.05 Å². The Balaban J connectivity index is 0.00000192. The third kappa shape index (κ3) is 5.06. The molecule has 1 unspecified atom stereocenters. The van der Waals surface area contributed by atoms with E-state index < -0.39 is 0 Å². The van der Waals surface area contributed by atoms with E-state index in [1.54, 1.807) is 0 Å². The van der Waals surface area contributed by atoms with E-state index in [1.165, 1.54) is 43.9 Å². The average molecular weight is 429 g/mol. The maximum atomic E-state index is 4.33. The molecule has 2 bridgehead atoms. The van der Waals surface area contributed by atoms with Crippen LogP contribution in [0.3, 0.4) is 0 Å². The number of benzene rings is 1. The largest absolute Gasteiger partial charge is 0.355 e. The second-order valence-electron chi connectivity index (χ2n) is 6.28. The molecular weight excluding hydrogens is 401 g/mol. The second-order valence-corrected chi connectivity index (χ2v) is 6.28. The maximum Gasteiger partial charge on any atom is 0.191 e. The number of aryl methyl sites for hydroxylation is 1. The summed E-state index contributed by atoms with van der Waals surface area (Å²) in [6.07, 6.45) is 0. The van der Waals surface area contributed by atoms with Crippen molar-refractivity contribution in [2.45, 2.75) is 19.5 Å². The van der Waals surface area contributed by atoms with Gasteiger partial charge >= 0.3 is 0 Å². The lowest BCUT2D eigenvalue weighted by molar-refractivity contribution is 0.0154. The van der Waals surface area contributed by atoms with Gasteiger partial charge in [0.25, 0.3) is 0 Å². The van der Waals surface area contributed by atoms with Crippen molar-refractivity contribution in [3.8, 4) is 0 Å². The standard InChI is InChI=1S/C17H27N5.HI/c1-14-3-5-15(6-4-14)11-19-17(18-2)20-12-16-13-21-7-9-22(16)10-8-21;/h3-6,16H,7-13H2,1-2H3,(H2,18,19,20);1H. The molecule has 0 aromatic heterocycles. The van der Waals surface area contributed by atoms with E-state index in [-0.39, 0.29) is 24.0 Å². The van der Waals surface area contributed by atoms with Gasteiger partial charge in [0.05, 0.1) is 0 Å². The molecule has 1 aromatic carbocycles. The number of rotatable bonds is 4. The Labute approximate surface area is 156 Å². The van der Waals surface area contributed by atoms with Crippen molar-refractivity contribution in [1.82, 2.24) is 20.4 Å². The molecule has 0 saturated carbocycles. The van der Waals surface area contributed by atoms with Crippen LogP contribution in [-0.2, 0) is 6.54 Å². The zero-order valence-electron chi connectivity index (χ0n) is 14.1. The van der Waals surface area contributed by atoms with Crippen LogP contribution in [0.4, 0.5) is 0 Å². The van der Waals surface area contributed by atoms with Gasteiger partial charge in [0.1, 0.15) is 0 Å². The van der Waals surface area contributed by atoms with E-state index in [9.17, 15) is 0 Å². The highest BCUT2D eigenvalue weighted by Crippen LogP contribution is 2.14. The SMILES string of the molecule is CN=C(NCc1ccc(C)cc1)NCC1CN2CCN1CC2.I. The molecule has 0 aliphatic carbocycles. The third-order valence-electron chi connectivity index (χ3n) is 4.70. The van der Waals surface area contributed by atoms with Crippen molar-refractivity contribution in [3.05, 3.63) is 35.4 Å². The first-order chi connectivity index (χ1) is 10.7. The van der Waals surface area contributed by atoms with E-state index in [4.69, 9.17) is 0 Å². The fourth-order valence-corrected chi connectivity index (χ4v) is 3.25. The van der Waals surface area contributed by atoms with E-state index in [0.717, 1.165) is 19.0 Å². The van der Waals surface area contributed by atoms with Crippen LogP contribution < -0.4 is 10.6 Å². The minimum absolute atomic E-state index is 0. The molecule has 3 aliphatic rings. The smallest absolute Gasteiger partial charge is 0.191 e. The Morgan fingerprint density at radius 1 is 1.13 bits per heavy atom. The van der Waals surface area contributed by atoms with Crippen LogP contribution in [0.2, 0.25) is 0 Å². The minimum atomic E-state index is 0. The van der Waals surface area contributed by atoms with Crippen molar-refractivity contribution >= 4 is 29.9 Å². The Kier molecular flexibility index (Phi) is 7.10. The summed E-state index contributed by atoms with van der Waals surface area (Å²) in [5, 5.41) is 6.87. The summed E-state index contributed by atoms with van der Waals surface area (Å²) < 4.78 is 0. The van der Waals surface area contributed by atoms with Crippen LogP contribution in [0.25, 0.3) is 0 Å². The lowest BCUT2D eigenvalue weighted by Gasteiger charge is -2.47. The lowest BCUT2D eigenvalue weighted by Crippen LogP contribution is -2.63. The van der Waals surface area contributed by atoms with E-state index >= 15 is 0 Å². The monoisotopic (exact) mass is 429 g/mol. The predicted molar refractivity (Wildman–Crippen MR) is 107 cm³/mol. The van der Waals surface area contributed by atoms with Crippen molar-refractivity contribution in [1.29, 1.82) is 0 Å². The van der Waals surface area contributed by atoms with Crippen LogP contribution in [0.1, 0.15) is 11.1 Å². The van der Waals surface area contributed by atoms with Crippen molar-refractivity contribution in [2.75, 3.05) is 46.3 Å². The molecule has 0 amide bonds. The molecule has 2 N–H and O–H groups in total. The van der Waals surface area contributed by atoms with Crippen LogP contribution in [0, 0.1) is 6.92 Å². The van der Waals surface area contributed by atoms with Gasteiger partial charge in [-0.3, -0.25) is 14.8 Å². The molecule has 1 aromatic rings. The van der Waals surface area contributed by atoms with Crippen LogP contribution >= 0.6 is 24.0 Å². The van der Waals surface area contributed by atoms with Gasteiger partial charge < -0.3 is 10.6 Å². The summed E-state index contributed by atoms with van der Waals surface area (Å²) >= 11 is 0. The molecule has 6 heteroatoms. The maximum absolute atomic E-state index is 4.33. The van der Waals surface area contributed by atoms with Crippen molar-refractivity contribution < 1.29 is 0 Å². The number of piperazine rings is 3. The fourth-order valence-electron chi connectivity index (χ4n) is 3.25. The fraction of sp³-hybridized carbons (Fsp3) is 0.588. The number of fused-ring (bicyclic) bond motifs is 3. The van der Waals surface area contributed by atoms with Gasteiger partial charge in [-0.05, 0) is 12.5 Å². The molecule has 4 rings (SSSR count). The summed E-state index contributed by atoms with van der Waals surface area (Å²) in [5.74, 6) is 0.887. The number of guanidine groups is 1. The Hall–Kier alpha value is -0.860. The van der Waals surface area contributed by atoms with E-state index in [2.05, 4.69) is 56.6 Å². The van der Waals surface area contributed by atoms with Gasteiger partial charge in [-0.1, -0.05) is 29.8 Å². The lowest BCUT2D eigenvalue weighted by atomic mass is 10.1. The van der Waals surface area contributed by atoms with Crippen molar-refractivity contribution in [3.63, 3.8) is 0 Å². The summed E-state index contributed by atoms with van der Waals surface area (Å²) in [6.45, 7) is 9.95. The predicted octanol–water partition coefficient (Wildman–Crippen LogP) is 1.28. The van der Waals surface area contributed by atoms with Gasteiger partial charge in [-0.15, -0.1) is 24.0 Å². The van der Waals surface area contributed by atoms with Crippen LogP contribution in [-0.4, -0.2) is 68.1 Å². The van der Waals surface area contributed by atoms with Crippen LogP contribution in [0.5, 0.6) is 0 Å². The first kappa shape index (κ1) is 18.5. The van der Waals surface area contributed by atoms with Gasteiger partial charge in [-0.25, -0.2) is 0 Å². The third-order valence-corrected chi connectivity index (χ3v) is 4.70. The highest BCUT2D eigenvalue weighted by molar-refractivity contribution is 14.0. The number of hydrogen-bond donors (Lipinski definition) is 2. The Morgan fingerprint density at radius 2 is 1.83 bits per heavy atom. The quantitative estimate of drug-likeness (QED) is 0.430. The molecule has 3 aliphatic heterocycles. The van der Waals surface area contributed by atoms with Gasteiger partial charge in [0, 0.05) is 58.9 Å². The molecule has 3 heterocycles. The normalized spacial score (nSPS) is 26.5.